The van der Waals surface area contributed by atoms with Gasteiger partial charge in [-0.15, -0.1) is 0 Å². The fraction of sp³-hybridized carbons (Fsp3) is 0.750. The summed E-state index contributed by atoms with van der Waals surface area (Å²) in [4.78, 5) is 9.75. The van der Waals surface area contributed by atoms with Crippen LogP contribution in [0.25, 0.3) is 0 Å². The zero-order chi connectivity index (χ0) is 5.86. The van der Waals surface area contributed by atoms with Crippen molar-refractivity contribution in [2.45, 2.75) is 6.92 Å². The van der Waals surface area contributed by atoms with Gasteiger partial charge in [-0.3, -0.25) is 0 Å². The number of carbonyl (C=O) groups excluding carboxylic acids is 1. The molecule has 0 amide bonds. The van der Waals surface area contributed by atoms with Gasteiger partial charge in [0.2, 0.25) is 0 Å². The molecular formula is C4H6Li2O2S. The van der Waals surface area contributed by atoms with Crippen molar-refractivity contribution in [1.29, 1.82) is 0 Å². The minimum atomic E-state index is -1.06. The van der Waals surface area contributed by atoms with Gasteiger partial charge in [0.15, 0.2) is 0 Å². The van der Waals surface area contributed by atoms with Crippen molar-refractivity contribution in [3.8, 4) is 0 Å². The van der Waals surface area contributed by atoms with E-state index in [2.05, 4.69) is 12.6 Å². The van der Waals surface area contributed by atoms with Crippen LogP contribution in [-0.4, -0.2) is 11.7 Å². The summed E-state index contributed by atoms with van der Waals surface area (Å²) >= 11 is 4.43. The van der Waals surface area contributed by atoms with E-state index in [0.29, 0.717) is 0 Å². The predicted octanol–water partition coefficient (Wildman–Crippen LogP) is -7.07. The number of rotatable bonds is 2. The summed E-state index contributed by atoms with van der Waals surface area (Å²) in [6, 6.07) is 0. The summed E-state index contributed by atoms with van der Waals surface area (Å²) in [5.41, 5.74) is 0. The Morgan fingerprint density at radius 1 is 1.67 bits per heavy atom. The molecule has 2 nitrogen and oxygen atoms in total. The fourth-order valence-corrected chi connectivity index (χ4v) is 0.204. The molecule has 5 heteroatoms. The topological polar surface area (TPSA) is 40.1 Å². The van der Waals surface area contributed by atoms with Crippen molar-refractivity contribution in [3.05, 3.63) is 0 Å². The van der Waals surface area contributed by atoms with Crippen molar-refractivity contribution < 1.29 is 47.6 Å². The zero-order valence-electron chi connectivity index (χ0n) is 6.01. The molecule has 0 bridgehead atoms. The molecule has 0 radical (unpaired) electrons. The molecule has 0 aromatic rings. The van der Waals surface area contributed by atoms with Crippen molar-refractivity contribution in [3.63, 3.8) is 0 Å². The molecular weight excluding hydrogens is 126 g/mol. The molecule has 0 unspecified atom stereocenters. The number of carboxylic acids is 1. The molecule has 0 saturated heterocycles. The van der Waals surface area contributed by atoms with Crippen LogP contribution >= 0.6 is 0 Å². The maximum Gasteiger partial charge on any atom is 1.00 e. The number of aliphatic carboxylic acids is 1. The van der Waals surface area contributed by atoms with Gasteiger partial charge in [0.05, 0.1) is 0 Å². The van der Waals surface area contributed by atoms with Gasteiger partial charge < -0.3 is 22.5 Å². The van der Waals surface area contributed by atoms with Gasteiger partial charge >= 0.3 is 37.7 Å². The van der Waals surface area contributed by atoms with Crippen molar-refractivity contribution in [2.24, 2.45) is 5.92 Å². The smallest absolute Gasteiger partial charge is 0.792 e. The van der Waals surface area contributed by atoms with Crippen LogP contribution in [0.5, 0.6) is 0 Å². The molecule has 1 atom stereocenters. The molecule has 0 aromatic carbocycles. The molecule has 0 spiro atoms. The van der Waals surface area contributed by atoms with E-state index in [1.807, 2.05) is 0 Å². The normalized spacial score (nSPS) is 10.4. The van der Waals surface area contributed by atoms with E-state index < -0.39 is 11.9 Å². The van der Waals surface area contributed by atoms with Crippen LogP contribution in [0.3, 0.4) is 0 Å². The fourth-order valence-electron chi connectivity index (χ4n) is 0.0680. The largest absolute Gasteiger partial charge is 1.00 e. The van der Waals surface area contributed by atoms with Crippen molar-refractivity contribution in [2.75, 3.05) is 5.75 Å². The second-order valence-corrected chi connectivity index (χ2v) is 1.72. The van der Waals surface area contributed by atoms with Crippen LogP contribution in [-0.2, 0) is 17.4 Å². The quantitative estimate of drug-likeness (QED) is 0.277. The summed E-state index contributed by atoms with van der Waals surface area (Å²) in [6.45, 7) is 1.53. The Balaban J connectivity index is -0.000000180. The van der Waals surface area contributed by atoms with E-state index in [0.717, 1.165) is 0 Å². The molecule has 0 rings (SSSR count). The monoisotopic (exact) mass is 132 g/mol. The molecule has 0 aliphatic heterocycles. The van der Waals surface area contributed by atoms with E-state index in [4.69, 9.17) is 0 Å². The molecule has 0 N–H and O–H groups in total. The van der Waals surface area contributed by atoms with Gasteiger partial charge in [0.25, 0.3) is 0 Å². The van der Waals surface area contributed by atoms with Crippen molar-refractivity contribution in [1.82, 2.24) is 0 Å². The maximum absolute atomic E-state index is 9.75. The summed E-state index contributed by atoms with van der Waals surface area (Å²) < 4.78 is 0. The first-order valence-corrected chi connectivity index (χ1v) is 2.55. The third-order valence-electron chi connectivity index (χ3n) is 0.652. The average Bonchev–Trinajstić information content (AvgIpc) is 1.65. The second-order valence-electron chi connectivity index (χ2n) is 1.39. The van der Waals surface area contributed by atoms with E-state index in [-0.39, 0.29) is 43.5 Å². The zero-order valence-corrected chi connectivity index (χ0v) is 6.83. The average molecular weight is 132 g/mol. The Morgan fingerprint density at radius 2 is 2.00 bits per heavy atom. The van der Waals surface area contributed by atoms with Gasteiger partial charge in [-0.1, -0.05) is 6.92 Å². The van der Waals surface area contributed by atoms with E-state index >= 15 is 0 Å². The Hall–Kier alpha value is 1.01. The van der Waals surface area contributed by atoms with Crippen LogP contribution in [0.15, 0.2) is 0 Å². The Morgan fingerprint density at radius 3 is 2.00 bits per heavy atom. The minimum Gasteiger partial charge on any atom is -0.792 e. The van der Waals surface area contributed by atoms with Crippen molar-refractivity contribution >= 4 is 18.6 Å². The standard InChI is InChI=1S/C4H8O2S.2Li/c1-3(2-7)4(5)6;;/h3,7H,2H2,1H3,(H,5,6);;/q;2*+1/p-2/t3-;;/m1../s1. The number of carboxylic acid groups (broad SMARTS) is 1. The molecule has 0 aliphatic rings. The second kappa shape index (κ2) is 9.01. The summed E-state index contributed by atoms with van der Waals surface area (Å²) in [5.74, 6) is -1.30. The minimum absolute atomic E-state index is 0. The predicted molar refractivity (Wildman–Crippen MR) is 26.4 cm³/mol. The van der Waals surface area contributed by atoms with Crippen LogP contribution in [0.2, 0.25) is 0 Å². The first kappa shape index (κ1) is 16.5. The summed E-state index contributed by atoms with van der Waals surface area (Å²) in [6.07, 6.45) is 0. The summed E-state index contributed by atoms with van der Waals surface area (Å²) in [5, 5.41) is 9.75. The molecule has 0 aromatic heterocycles. The Labute approximate surface area is 84.5 Å². The summed E-state index contributed by atoms with van der Waals surface area (Å²) in [7, 11) is 0. The Bertz CT molecular complexity index is 79.0. The molecule has 0 heterocycles. The molecule has 0 aliphatic carbocycles. The first-order chi connectivity index (χ1) is 3.18. The van der Waals surface area contributed by atoms with Crippen LogP contribution in [0.1, 0.15) is 6.92 Å². The number of carbonyl (C=O) groups is 1. The first-order valence-electron chi connectivity index (χ1n) is 1.97. The maximum atomic E-state index is 9.75. The third-order valence-corrected chi connectivity index (χ3v) is 1.15. The SMILES string of the molecule is C[C@H](C[S-])C(=O)[O-].[Li+].[Li+]. The molecule has 0 fully saturated rings. The van der Waals surface area contributed by atoms with Gasteiger partial charge in [0.1, 0.15) is 0 Å². The van der Waals surface area contributed by atoms with E-state index in [1.54, 1.807) is 0 Å². The third kappa shape index (κ3) is 9.01. The van der Waals surface area contributed by atoms with Gasteiger partial charge in [0, 0.05) is 5.97 Å². The number of hydrogen-bond acceptors (Lipinski definition) is 3. The van der Waals surface area contributed by atoms with Gasteiger partial charge in [-0.05, 0) is 5.92 Å². The van der Waals surface area contributed by atoms with Crippen LogP contribution in [0, 0.1) is 5.92 Å². The molecule has 0 saturated carbocycles. The Kier molecular flexibility index (Phi) is 16.6. The van der Waals surface area contributed by atoms with Crippen LogP contribution < -0.4 is 42.8 Å². The van der Waals surface area contributed by atoms with E-state index in [9.17, 15) is 9.90 Å². The van der Waals surface area contributed by atoms with E-state index in [1.165, 1.54) is 6.92 Å². The van der Waals surface area contributed by atoms with Crippen LogP contribution in [0.4, 0.5) is 0 Å². The number of hydrogen-bond donors (Lipinski definition) is 0. The van der Waals surface area contributed by atoms with Gasteiger partial charge in [-0.2, -0.15) is 5.75 Å². The molecule has 42 valence electrons. The molecule has 9 heavy (non-hydrogen) atoms. The van der Waals surface area contributed by atoms with Gasteiger partial charge in [-0.25, -0.2) is 0 Å².